The van der Waals surface area contributed by atoms with Crippen LogP contribution >= 0.6 is 22.9 Å². The lowest BCUT2D eigenvalue weighted by molar-refractivity contribution is 0.561. The zero-order valence-electron chi connectivity index (χ0n) is 8.45. The van der Waals surface area contributed by atoms with Crippen LogP contribution in [-0.4, -0.2) is 4.98 Å². The van der Waals surface area contributed by atoms with Crippen molar-refractivity contribution in [2.75, 3.05) is 0 Å². The average molecular weight is 249 g/mol. The van der Waals surface area contributed by atoms with Crippen molar-refractivity contribution < 1.29 is 4.42 Å². The topological polar surface area (TPSA) is 26.0 Å². The first-order valence-electron chi connectivity index (χ1n) is 4.77. The smallest absolute Gasteiger partial charge is 0.192 e. The largest absolute Gasteiger partial charge is 0.441 e. The molecule has 0 aliphatic carbocycles. The van der Waals surface area contributed by atoms with Crippen LogP contribution in [0.2, 0.25) is 5.02 Å². The molecule has 0 aliphatic heterocycles. The molecule has 4 heteroatoms. The lowest BCUT2D eigenvalue weighted by Crippen LogP contribution is -1.76. The van der Waals surface area contributed by atoms with E-state index < -0.39 is 0 Å². The standard InChI is InChI=1S/C12H7ClNOS/c1-7-14-10-6-9(13)8(5-11(10)15-7)12-3-2-4-16-12/h2-3,5-6H,1H3. The molecule has 1 aromatic carbocycles. The summed E-state index contributed by atoms with van der Waals surface area (Å²) in [7, 11) is 0. The van der Waals surface area contributed by atoms with Crippen molar-refractivity contribution in [3.8, 4) is 10.4 Å². The molecule has 3 rings (SSSR count). The summed E-state index contributed by atoms with van der Waals surface area (Å²) in [6.07, 6.45) is 0. The van der Waals surface area contributed by atoms with E-state index >= 15 is 0 Å². The molecule has 0 atom stereocenters. The second kappa shape index (κ2) is 3.61. The minimum absolute atomic E-state index is 0.654. The Bertz CT molecular complexity index is 642. The number of nitrogens with zero attached hydrogens (tertiary/aromatic N) is 1. The number of fused-ring (bicyclic) bond motifs is 1. The van der Waals surface area contributed by atoms with Crippen molar-refractivity contribution in [2.45, 2.75) is 6.92 Å². The SMILES string of the molecule is Cc1nc2cc(Cl)c(-c3cc[c]s3)cc2o1. The Hall–Kier alpha value is -1.32. The summed E-state index contributed by atoms with van der Waals surface area (Å²) in [5.41, 5.74) is 2.54. The van der Waals surface area contributed by atoms with Gasteiger partial charge in [-0.15, -0.1) is 11.3 Å². The fourth-order valence-corrected chi connectivity index (χ4v) is 2.63. The molecule has 2 aromatic heterocycles. The van der Waals surface area contributed by atoms with Crippen LogP contribution in [0.4, 0.5) is 0 Å². The zero-order chi connectivity index (χ0) is 11.1. The monoisotopic (exact) mass is 248 g/mol. The van der Waals surface area contributed by atoms with Crippen molar-refractivity contribution in [2.24, 2.45) is 0 Å². The first-order chi connectivity index (χ1) is 7.74. The minimum Gasteiger partial charge on any atom is -0.441 e. The van der Waals surface area contributed by atoms with Crippen molar-refractivity contribution in [3.05, 3.63) is 40.6 Å². The zero-order valence-corrected chi connectivity index (χ0v) is 10.0. The molecule has 79 valence electrons. The predicted octanol–water partition coefficient (Wildman–Crippen LogP) is 4.32. The molecule has 2 heterocycles. The average Bonchev–Trinajstić information content (AvgIpc) is 2.83. The van der Waals surface area contributed by atoms with Crippen LogP contribution in [-0.2, 0) is 0 Å². The van der Waals surface area contributed by atoms with Crippen LogP contribution in [0.1, 0.15) is 5.89 Å². The molecular weight excluding hydrogens is 242 g/mol. The summed E-state index contributed by atoms with van der Waals surface area (Å²) < 4.78 is 5.49. The first-order valence-corrected chi connectivity index (χ1v) is 5.96. The highest BCUT2D eigenvalue weighted by Gasteiger charge is 2.10. The Morgan fingerprint density at radius 1 is 1.44 bits per heavy atom. The summed E-state index contributed by atoms with van der Waals surface area (Å²) in [5.74, 6) is 0.654. The third kappa shape index (κ3) is 1.52. The molecule has 0 spiro atoms. The lowest BCUT2D eigenvalue weighted by atomic mass is 10.2. The highest BCUT2D eigenvalue weighted by Crippen LogP contribution is 2.34. The highest BCUT2D eigenvalue weighted by molar-refractivity contribution is 7.13. The third-order valence-corrected chi connectivity index (χ3v) is 3.46. The number of benzene rings is 1. The molecule has 2 nitrogen and oxygen atoms in total. The second-order valence-electron chi connectivity index (χ2n) is 3.45. The maximum atomic E-state index is 6.22. The van der Waals surface area contributed by atoms with E-state index in [0.717, 1.165) is 21.5 Å². The van der Waals surface area contributed by atoms with E-state index in [-0.39, 0.29) is 0 Å². The van der Waals surface area contributed by atoms with Crippen molar-refractivity contribution in [3.63, 3.8) is 0 Å². The Morgan fingerprint density at radius 3 is 3.06 bits per heavy atom. The number of hydrogen-bond acceptors (Lipinski definition) is 3. The number of hydrogen-bond donors (Lipinski definition) is 0. The predicted molar refractivity (Wildman–Crippen MR) is 65.9 cm³/mol. The quantitative estimate of drug-likeness (QED) is 0.641. The van der Waals surface area contributed by atoms with Crippen LogP contribution < -0.4 is 0 Å². The fourth-order valence-electron chi connectivity index (χ4n) is 1.64. The number of rotatable bonds is 1. The molecule has 0 fully saturated rings. The van der Waals surface area contributed by atoms with Gasteiger partial charge in [0.05, 0.1) is 5.02 Å². The third-order valence-electron chi connectivity index (χ3n) is 2.32. The minimum atomic E-state index is 0.654. The molecule has 3 aromatic rings. The molecule has 0 N–H and O–H groups in total. The second-order valence-corrected chi connectivity index (χ2v) is 4.74. The fraction of sp³-hybridized carbons (Fsp3) is 0.0833. The van der Waals surface area contributed by atoms with Gasteiger partial charge in [0.2, 0.25) is 0 Å². The molecule has 0 aliphatic rings. The maximum Gasteiger partial charge on any atom is 0.192 e. The van der Waals surface area contributed by atoms with Gasteiger partial charge >= 0.3 is 0 Å². The van der Waals surface area contributed by atoms with Crippen LogP contribution in [0.3, 0.4) is 0 Å². The lowest BCUT2D eigenvalue weighted by Gasteiger charge is -2.00. The van der Waals surface area contributed by atoms with Crippen LogP contribution in [0.5, 0.6) is 0 Å². The van der Waals surface area contributed by atoms with Gasteiger partial charge in [0.15, 0.2) is 11.5 Å². The van der Waals surface area contributed by atoms with Gasteiger partial charge in [0.1, 0.15) is 5.52 Å². The Kier molecular flexibility index (Phi) is 2.23. The highest BCUT2D eigenvalue weighted by atomic mass is 35.5. The number of aryl methyl sites for hydroxylation is 1. The summed E-state index contributed by atoms with van der Waals surface area (Å²) in [6, 6.07) is 7.63. The normalized spacial score (nSPS) is 11.1. The molecule has 0 saturated carbocycles. The van der Waals surface area contributed by atoms with E-state index in [0.29, 0.717) is 10.9 Å². The van der Waals surface area contributed by atoms with E-state index in [2.05, 4.69) is 10.4 Å². The van der Waals surface area contributed by atoms with Crippen molar-refractivity contribution in [1.29, 1.82) is 0 Å². The van der Waals surface area contributed by atoms with Gasteiger partial charge < -0.3 is 4.42 Å². The van der Waals surface area contributed by atoms with Gasteiger partial charge in [-0.2, -0.15) is 0 Å². The van der Waals surface area contributed by atoms with E-state index in [1.165, 1.54) is 11.3 Å². The van der Waals surface area contributed by atoms with E-state index in [4.69, 9.17) is 16.0 Å². The maximum absolute atomic E-state index is 6.22. The summed E-state index contributed by atoms with van der Waals surface area (Å²) in [5, 5.41) is 3.74. The van der Waals surface area contributed by atoms with Crippen LogP contribution in [0.25, 0.3) is 21.5 Å². The van der Waals surface area contributed by atoms with Crippen molar-refractivity contribution in [1.82, 2.24) is 4.98 Å². The van der Waals surface area contributed by atoms with E-state index in [1.54, 1.807) is 0 Å². The van der Waals surface area contributed by atoms with Crippen molar-refractivity contribution >= 4 is 34.0 Å². The number of aromatic nitrogens is 1. The first kappa shape index (κ1) is 9.87. The summed E-state index contributed by atoms with van der Waals surface area (Å²) in [4.78, 5) is 5.33. The van der Waals surface area contributed by atoms with Crippen LogP contribution in [0, 0.1) is 12.3 Å². The molecular formula is C12H7ClNOS. The summed E-state index contributed by atoms with van der Waals surface area (Å²) in [6.45, 7) is 1.83. The van der Waals surface area contributed by atoms with E-state index in [1.807, 2.05) is 31.2 Å². The number of thiophene rings is 1. The number of halogens is 1. The van der Waals surface area contributed by atoms with Gasteiger partial charge in [0.25, 0.3) is 0 Å². The van der Waals surface area contributed by atoms with Gasteiger partial charge in [-0.1, -0.05) is 11.6 Å². The van der Waals surface area contributed by atoms with Crippen LogP contribution in [0.15, 0.2) is 28.7 Å². The Labute approximate surface area is 101 Å². The summed E-state index contributed by atoms with van der Waals surface area (Å²) >= 11 is 7.75. The molecule has 1 radical (unpaired) electrons. The molecule has 16 heavy (non-hydrogen) atoms. The van der Waals surface area contributed by atoms with Gasteiger partial charge in [-0.3, -0.25) is 0 Å². The Balaban J connectivity index is 2.29. The molecule has 0 amide bonds. The number of oxazole rings is 1. The molecule has 0 unspecified atom stereocenters. The van der Waals surface area contributed by atoms with Gasteiger partial charge in [-0.25, -0.2) is 4.98 Å². The molecule has 0 saturated heterocycles. The van der Waals surface area contributed by atoms with Gasteiger partial charge in [-0.05, 0) is 24.3 Å². The van der Waals surface area contributed by atoms with Gasteiger partial charge in [0, 0.05) is 22.7 Å². The Morgan fingerprint density at radius 2 is 2.31 bits per heavy atom. The molecule has 0 bridgehead atoms. The van der Waals surface area contributed by atoms with E-state index in [9.17, 15) is 0 Å².